The van der Waals surface area contributed by atoms with Crippen LogP contribution < -0.4 is 10.2 Å². The van der Waals surface area contributed by atoms with Crippen LogP contribution in [0.3, 0.4) is 0 Å². The van der Waals surface area contributed by atoms with Crippen molar-refractivity contribution in [2.45, 2.75) is 77.2 Å². The van der Waals surface area contributed by atoms with Gasteiger partial charge in [0, 0.05) is 63.1 Å². The Morgan fingerprint density at radius 1 is 1.11 bits per heavy atom. The van der Waals surface area contributed by atoms with E-state index >= 15 is 0 Å². The predicted molar refractivity (Wildman–Crippen MR) is 135 cm³/mol. The van der Waals surface area contributed by atoms with E-state index < -0.39 is 11.7 Å². The molecule has 3 aliphatic rings. The van der Waals surface area contributed by atoms with E-state index in [9.17, 15) is 18.0 Å². The van der Waals surface area contributed by atoms with Gasteiger partial charge in [0.15, 0.2) is 0 Å². The van der Waals surface area contributed by atoms with Crippen LogP contribution in [0, 0.1) is 5.92 Å². The van der Waals surface area contributed by atoms with E-state index in [1.165, 1.54) is 18.6 Å². The first-order chi connectivity index (χ1) is 17.3. The van der Waals surface area contributed by atoms with Gasteiger partial charge in [0.05, 0.1) is 18.3 Å². The first-order valence-corrected chi connectivity index (χ1v) is 13.4. The lowest BCUT2D eigenvalue weighted by molar-refractivity contribution is -0.137. The second-order valence-corrected chi connectivity index (χ2v) is 9.90. The molecule has 4 rings (SSSR count). The summed E-state index contributed by atoms with van der Waals surface area (Å²) in [4.78, 5) is 16.9. The summed E-state index contributed by atoms with van der Waals surface area (Å²) < 4.78 is 50.4. The highest BCUT2D eigenvalue weighted by Crippen LogP contribution is 2.33. The van der Waals surface area contributed by atoms with Gasteiger partial charge in [-0.15, -0.1) is 0 Å². The van der Waals surface area contributed by atoms with Crippen LogP contribution in [0.4, 0.5) is 18.9 Å². The molecule has 0 aromatic heterocycles. The molecule has 36 heavy (non-hydrogen) atoms. The highest BCUT2D eigenvalue weighted by atomic mass is 19.4. The Morgan fingerprint density at radius 3 is 2.50 bits per heavy atom. The van der Waals surface area contributed by atoms with E-state index in [4.69, 9.17) is 9.47 Å². The van der Waals surface area contributed by atoms with Gasteiger partial charge in [-0.2, -0.15) is 13.2 Å². The number of carbonyl (C=O) groups is 1. The maximum Gasteiger partial charge on any atom is 0.416 e. The first kappa shape index (κ1) is 28.7. The third-order valence-electron chi connectivity index (χ3n) is 7.05. The molecule has 2 saturated heterocycles. The number of rotatable bonds is 6. The molecule has 0 bridgehead atoms. The van der Waals surface area contributed by atoms with Gasteiger partial charge in [0.1, 0.15) is 0 Å². The molecular weight excluding hydrogens is 471 g/mol. The van der Waals surface area contributed by atoms with Crippen LogP contribution in [0.25, 0.3) is 0 Å². The number of nitrogens with one attached hydrogen (secondary N) is 1. The van der Waals surface area contributed by atoms with Gasteiger partial charge in [-0.05, 0) is 50.8 Å². The van der Waals surface area contributed by atoms with Crippen LogP contribution in [-0.4, -0.2) is 75.0 Å². The van der Waals surface area contributed by atoms with Crippen molar-refractivity contribution in [3.05, 3.63) is 29.8 Å². The van der Waals surface area contributed by atoms with E-state index in [0.717, 1.165) is 38.4 Å². The van der Waals surface area contributed by atoms with Crippen LogP contribution in [0.1, 0.15) is 58.4 Å². The third-order valence-corrected chi connectivity index (χ3v) is 7.05. The molecule has 1 N–H and O–H groups in total. The van der Waals surface area contributed by atoms with Crippen molar-refractivity contribution >= 4 is 11.6 Å². The van der Waals surface area contributed by atoms with Crippen LogP contribution >= 0.6 is 0 Å². The van der Waals surface area contributed by atoms with Crippen molar-refractivity contribution in [1.82, 2.24) is 10.2 Å². The van der Waals surface area contributed by atoms with E-state index in [1.807, 2.05) is 16.7 Å². The summed E-state index contributed by atoms with van der Waals surface area (Å²) in [5.41, 5.74) is -0.0820. The van der Waals surface area contributed by atoms with Crippen molar-refractivity contribution in [2.75, 3.05) is 50.9 Å². The van der Waals surface area contributed by atoms with Gasteiger partial charge in [0.25, 0.3) is 0 Å². The Morgan fingerprint density at radius 2 is 1.83 bits per heavy atom. The third kappa shape index (κ3) is 7.83. The van der Waals surface area contributed by atoms with Crippen molar-refractivity contribution in [2.24, 2.45) is 5.92 Å². The number of carbonyl (C=O) groups excluding carboxylic acids is 1. The number of nitrogens with zero attached hydrogens (tertiary/aromatic N) is 2. The van der Waals surface area contributed by atoms with Crippen molar-refractivity contribution < 1.29 is 27.4 Å². The maximum atomic E-state index is 13.1. The van der Waals surface area contributed by atoms with Crippen LogP contribution in [0.5, 0.6) is 0 Å². The van der Waals surface area contributed by atoms with Gasteiger partial charge in [-0.1, -0.05) is 26.3 Å². The number of amides is 1. The van der Waals surface area contributed by atoms with Gasteiger partial charge in [-0.3, -0.25) is 4.79 Å². The molecule has 204 valence electrons. The summed E-state index contributed by atoms with van der Waals surface area (Å²) in [7, 11) is 0. The number of benzene rings is 1. The Labute approximate surface area is 213 Å². The van der Waals surface area contributed by atoms with E-state index in [-0.39, 0.29) is 24.0 Å². The molecule has 1 amide bonds. The Balaban J connectivity index is 0.00000115. The molecule has 4 atom stereocenters. The molecule has 2 heterocycles. The van der Waals surface area contributed by atoms with Gasteiger partial charge < -0.3 is 24.6 Å². The van der Waals surface area contributed by atoms with Crippen molar-refractivity contribution in [3.63, 3.8) is 0 Å². The molecule has 1 saturated carbocycles. The minimum atomic E-state index is -4.35. The average molecular weight is 514 g/mol. The molecule has 2 aliphatic heterocycles. The normalized spacial score (nSPS) is 26.9. The summed E-state index contributed by atoms with van der Waals surface area (Å²) in [6, 6.07) is 5.98. The summed E-state index contributed by atoms with van der Waals surface area (Å²) in [6.07, 6.45) is 0.528. The minimum Gasteiger partial charge on any atom is -0.379 e. The standard InChI is InChI=1S/C24H34F3N3O3.C3H8/c1-2-33-22-16-32-13-8-21(22)28-19-7-6-17(14-19)23(31)30-11-9-29(10-12-30)20-5-3-4-18(15-20)24(25,26)27;1-3-2/h3-5,15,17,19,21-22,28H,2,6-14,16H2,1H3;3H2,1-2H3. The Bertz CT molecular complexity index is 813. The zero-order valence-electron chi connectivity index (χ0n) is 21.9. The molecular formula is C27H42F3N3O3. The highest BCUT2D eigenvalue weighted by Gasteiger charge is 2.37. The number of hydrogen-bond donors (Lipinski definition) is 1. The molecule has 1 aliphatic carbocycles. The minimum absolute atomic E-state index is 0.00740. The Hall–Kier alpha value is -1.84. The summed E-state index contributed by atoms with van der Waals surface area (Å²) in [5.74, 6) is 0.185. The molecule has 3 fully saturated rings. The molecule has 9 heteroatoms. The second kappa shape index (κ2) is 13.6. The highest BCUT2D eigenvalue weighted by molar-refractivity contribution is 5.79. The van der Waals surface area contributed by atoms with Crippen molar-refractivity contribution in [1.29, 1.82) is 0 Å². The Kier molecular flexibility index (Phi) is 10.9. The number of halogens is 3. The van der Waals surface area contributed by atoms with Gasteiger partial charge >= 0.3 is 6.18 Å². The molecule has 1 aromatic rings. The van der Waals surface area contributed by atoms with Crippen molar-refractivity contribution in [3.8, 4) is 0 Å². The molecule has 4 unspecified atom stereocenters. The lowest BCUT2D eigenvalue weighted by Crippen LogP contribution is -2.51. The smallest absolute Gasteiger partial charge is 0.379 e. The average Bonchev–Trinajstić information content (AvgIpc) is 3.34. The number of ether oxygens (including phenoxy) is 2. The van der Waals surface area contributed by atoms with E-state index in [2.05, 4.69) is 19.2 Å². The molecule has 0 spiro atoms. The lowest BCUT2D eigenvalue weighted by atomic mass is 10.0. The topological polar surface area (TPSA) is 54.0 Å². The maximum absolute atomic E-state index is 13.1. The zero-order valence-corrected chi connectivity index (χ0v) is 21.9. The fraction of sp³-hybridized carbons (Fsp3) is 0.741. The van der Waals surface area contributed by atoms with E-state index in [0.29, 0.717) is 51.1 Å². The number of piperazine rings is 1. The van der Waals surface area contributed by atoms with Crippen LogP contribution in [0.2, 0.25) is 0 Å². The van der Waals surface area contributed by atoms with Crippen LogP contribution in [-0.2, 0) is 20.4 Å². The quantitative estimate of drug-likeness (QED) is 0.597. The fourth-order valence-corrected chi connectivity index (χ4v) is 5.26. The zero-order chi connectivity index (χ0) is 26.1. The molecule has 0 radical (unpaired) electrons. The summed E-state index contributed by atoms with van der Waals surface area (Å²) >= 11 is 0. The number of alkyl halides is 3. The second-order valence-electron chi connectivity index (χ2n) is 9.90. The first-order valence-electron chi connectivity index (χ1n) is 13.4. The largest absolute Gasteiger partial charge is 0.416 e. The SMILES string of the molecule is CCC.CCOC1COCCC1NC1CCC(C(=O)N2CCN(c3cccc(C(F)(F)F)c3)CC2)C1. The predicted octanol–water partition coefficient (Wildman–Crippen LogP) is 4.72. The lowest BCUT2D eigenvalue weighted by Gasteiger charge is -2.37. The summed E-state index contributed by atoms with van der Waals surface area (Å²) in [6.45, 7) is 10.4. The molecule has 1 aromatic carbocycles. The van der Waals surface area contributed by atoms with E-state index in [1.54, 1.807) is 6.07 Å². The fourth-order valence-electron chi connectivity index (χ4n) is 5.26. The molecule has 6 nitrogen and oxygen atoms in total. The van der Waals surface area contributed by atoms with Crippen LogP contribution in [0.15, 0.2) is 24.3 Å². The number of hydrogen-bond acceptors (Lipinski definition) is 5. The summed E-state index contributed by atoms with van der Waals surface area (Å²) in [5, 5.41) is 3.71. The monoisotopic (exact) mass is 513 g/mol. The van der Waals surface area contributed by atoms with Gasteiger partial charge in [-0.25, -0.2) is 0 Å². The number of anilines is 1. The van der Waals surface area contributed by atoms with Gasteiger partial charge in [0.2, 0.25) is 5.91 Å².